The molecule has 4 heteroatoms. The zero-order chi connectivity index (χ0) is 14.9. The van der Waals surface area contributed by atoms with Crippen LogP contribution in [0.2, 0.25) is 0 Å². The summed E-state index contributed by atoms with van der Waals surface area (Å²) in [6.45, 7) is 5.23. The third-order valence-corrected chi connectivity index (χ3v) is 4.39. The molecule has 1 N–H and O–H groups in total. The van der Waals surface area contributed by atoms with Gasteiger partial charge < -0.3 is 10.0 Å². The van der Waals surface area contributed by atoms with Crippen LogP contribution in [0.15, 0.2) is 18.2 Å². The summed E-state index contributed by atoms with van der Waals surface area (Å²) in [5.41, 5.74) is 3.00. The molecular formula is C16H24N2O2. The molecule has 4 nitrogen and oxygen atoms in total. The van der Waals surface area contributed by atoms with E-state index in [-0.39, 0.29) is 0 Å². The minimum absolute atomic E-state index is 0.649. The highest BCUT2D eigenvalue weighted by Gasteiger charge is 2.31. The van der Waals surface area contributed by atoms with Gasteiger partial charge >= 0.3 is 5.97 Å². The molecule has 0 bridgehead atoms. The Morgan fingerprint density at radius 3 is 2.80 bits per heavy atom. The Kier molecular flexibility index (Phi) is 4.04. The Morgan fingerprint density at radius 1 is 1.45 bits per heavy atom. The van der Waals surface area contributed by atoms with Crippen molar-refractivity contribution in [3.05, 3.63) is 29.3 Å². The molecule has 0 radical (unpaired) electrons. The Balaban J connectivity index is 2.17. The summed E-state index contributed by atoms with van der Waals surface area (Å²) in [7, 11) is 3.98. The van der Waals surface area contributed by atoms with Crippen LogP contribution in [0.25, 0.3) is 0 Å². The smallest absolute Gasteiger partial charge is 0.323 e. The zero-order valence-corrected chi connectivity index (χ0v) is 12.8. The van der Waals surface area contributed by atoms with Crippen molar-refractivity contribution in [2.24, 2.45) is 0 Å². The first-order chi connectivity index (χ1) is 9.32. The van der Waals surface area contributed by atoms with Gasteiger partial charge in [-0.3, -0.25) is 9.69 Å². The SMILES string of the molecule is CN1CCCc2cc(CN(C)C(C)(C)C(=O)O)ccc21. The fourth-order valence-electron chi connectivity index (χ4n) is 2.57. The van der Waals surface area contributed by atoms with Gasteiger partial charge in [-0.1, -0.05) is 12.1 Å². The second-order valence-electron chi connectivity index (χ2n) is 6.21. The number of likely N-dealkylation sites (N-methyl/N-ethyl adjacent to an activating group) is 1. The van der Waals surface area contributed by atoms with Crippen LogP contribution >= 0.6 is 0 Å². The summed E-state index contributed by atoms with van der Waals surface area (Å²) in [6, 6.07) is 6.49. The molecule has 0 atom stereocenters. The van der Waals surface area contributed by atoms with Gasteiger partial charge in [-0.2, -0.15) is 0 Å². The molecule has 20 heavy (non-hydrogen) atoms. The van der Waals surface area contributed by atoms with Crippen LogP contribution in [-0.2, 0) is 17.8 Å². The highest BCUT2D eigenvalue weighted by molar-refractivity contribution is 5.77. The van der Waals surface area contributed by atoms with Crippen molar-refractivity contribution in [2.75, 3.05) is 25.5 Å². The van der Waals surface area contributed by atoms with E-state index in [0.717, 1.165) is 13.0 Å². The number of hydrogen-bond acceptors (Lipinski definition) is 3. The lowest BCUT2D eigenvalue weighted by Crippen LogP contribution is -2.47. The number of anilines is 1. The maximum absolute atomic E-state index is 11.3. The third-order valence-electron chi connectivity index (χ3n) is 4.39. The molecule has 0 spiro atoms. The first kappa shape index (κ1) is 14.9. The Bertz CT molecular complexity index is 511. The van der Waals surface area contributed by atoms with Gasteiger partial charge in [0, 0.05) is 25.8 Å². The molecule has 0 amide bonds. The molecule has 2 rings (SSSR count). The van der Waals surface area contributed by atoms with Gasteiger partial charge in [-0.15, -0.1) is 0 Å². The number of carboxylic acid groups (broad SMARTS) is 1. The standard InChI is InChI=1S/C16H24N2O2/c1-16(2,15(19)20)18(4)11-12-7-8-14-13(10-12)6-5-9-17(14)3/h7-8,10H,5-6,9,11H2,1-4H3,(H,19,20). The molecule has 1 aromatic carbocycles. The molecule has 0 unspecified atom stereocenters. The monoisotopic (exact) mass is 276 g/mol. The van der Waals surface area contributed by atoms with Crippen molar-refractivity contribution in [3.63, 3.8) is 0 Å². The molecular weight excluding hydrogens is 252 g/mol. The van der Waals surface area contributed by atoms with Crippen LogP contribution in [0.5, 0.6) is 0 Å². The van der Waals surface area contributed by atoms with E-state index in [1.807, 2.05) is 11.9 Å². The Morgan fingerprint density at radius 2 is 2.15 bits per heavy atom. The van der Waals surface area contributed by atoms with Gasteiger partial charge in [-0.05, 0) is 50.9 Å². The first-order valence-corrected chi connectivity index (χ1v) is 7.10. The topological polar surface area (TPSA) is 43.8 Å². The number of hydrogen-bond donors (Lipinski definition) is 1. The van der Waals surface area contributed by atoms with Crippen LogP contribution in [0.3, 0.4) is 0 Å². The normalized spacial score (nSPS) is 15.3. The number of aryl methyl sites for hydroxylation is 1. The van der Waals surface area contributed by atoms with Gasteiger partial charge in [0.25, 0.3) is 0 Å². The van der Waals surface area contributed by atoms with E-state index in [4.69, 9.17) is 0 Å². The Labute approximate surface area is 121 Å². The molecule has 0 saturated carbocycles. The number of nitrogens with zero attached hydrogens (tertiary/aromatic N) is 2. The predicted molar refractivity (Wildman–Crippen MR) is 81.2 cm³/mol. The van der Waals surface area contributed by atoms with Crippen molar-refractivity contribution in [1.82, 2.24) is 4.90 Å². The lowest BCUT2D eigenvalue weighted by atomic mass is 9.98. The van der Waals surface area contributed by atoms with Crippen LogP contribution in [-0.4, -0.2) is 42.2 Å². The maximum Gasteiger partial charge on any atom is 0.323 e. The van der Waals surface area contributed by atoms with Gasteiger partial charge in [0.05, 0.1) is 0 Å². The molecule has 1 aromatic rings. The molecule has 1 heterocycles. The minimum Gasteiger partial charge on any atom is -0.480 e. The van der Waals surface area contributed by atoms with E-state index in [2.05, 4.69) is 30.1 Å². The van der Waals surface area contributed by atoms with Crippen LogP contribution < -0.4 is 4.90 Å². The summed E-state index contributed by atoms with van der Waals surface area (Å²) in [6.07, 6.45) is 2.29. The molecule has 0 saturated heterocycles. The van der Waals surface area contributed by atoms with E-state index in [0.29, 0.717) is 6.54 Å². The number of carbonyl (C=O) groups is 1. The van der Waals surface area contributed by atoms with E-state index in [1.165, 1.54) is 23.2 Å². The fraction of sp³-hybridized carbons (Fsp3) is 0.562. The van der Waals surface area contributed by atoms with Gasteiger partial charge in [0.2, 0.25) is 0 Å². The second-order valence-corrected chi connectivity index (χ2v) is 6.21. The number of rotatable bonds is 4. The highest BCUT2D eigenvalue weighted by Crippen LogP contribution is 2.27. The van der Waals surface area contributed by atoms with E-state index >= 15 is 0 Å². The lowest BCUT2D eigenvalue weighted by Gasteiger charge is -2.32. The molecule has 110 valence electrons. The number of aliphatic carboxylic acids is 1. The van der Waals surface area contributed by atoms with Crippen molar-refractivity contribution < 1.29 is 9.90 Å². The van der Waals surface area contributed by atoms with E-state index < -0.39 is 11.5 Å². The van der Waals surface area contributed by atoms with Crippen molar-refractivity contribution in [3.8, 4) is 0 Å². The minimum atomic E-state index is -0.854. The molecule has 0 fully saturated rings. The van der Waals surface area contributed by atoms with Crippen molar-refractivity contribution in [2.45, 2.75) is 38.8 Å². The van der Waals surface area contributed by atoms with E-state index in [9.17, 15) is 9.90 Å². The summed E-state index contributed by atoms with van der Waals surface area (Å²) < 4.78 is 0. The summed E-state index contributed by atoms with van der Waals surface area (Å²) >= 11 is 0. The fourth-order valence-corrected chi connectivity index (χ4v) is 2.57. The van der Waals surface area contributed by atoms with Gasteiger partial charge in [-0.25, -0.2) is 0 Å². The van der Waals surface area contributed by atoms with Crippen LogP contribution in [0.1, 0.15) is 31.4 Å². The van der Waals surface area contributed by atoms with Crippen LogP contribution in [0, 0.1) is 0 Å². The average Bonchev–Trinajstić information content (AvgIpc) is 2.38. The number of benzene rings is 1. The van der Waals surface area contributed by atoms with Crippen molar-refractivity contribution in [1.29, 1.82) is 0 Å². The third kappa shape index (κ3) is 2.80. The molecule has 0 aliphatic carbocycles. The maximum atomic E-state index is 11.3. The molecule has 1 aliphatic heterocycles. The highest BCUT2D eigenvalue weighted by atomic mass is 16.4. The lowest BCUT2D eigenvalue weighted by molar-refractivity contribution is -0.148. The number of carboxylic acids is 1. The number of fused-ring (bicyclic) bond motifs is 1. The summed E-state index contributed by atoms with van der Waals surface area (Å²) in [5, 5.41) is 9.27. The summed E-state index contributed by atoms with van der Waals surface area (Å²) in [5.74, 6) is -0.794. The second kappa shape index (κ2) is 5.44. The molecule has 0 aromatic heterocycles. The quantitative estimate of drug-likeness (QED) is 0.917. The predicted octanol–water partition coefficient (Wildman–Crippen LogP) is 2.36. The van der Waals surface area contributed by atoms with E-state index in [1.54, 1.807) is 13.8 Å². The first-order valence-electron chi connectivity index (χ1n) is 7.10. The van der Waals surface area contributed by atoms with Gasteiger partial charge in [0.1, 0.15) is 5.54 Å². The summed E-state index contributed by atoms with van der Waals surface area (Å²) in [4.78, 5) is 15.4. The van der Waals surface area contributed by atoms with Gasteiger partial charge in [0.15, 0.2) is 0 Å². The Hall–Kier alpha value is -1.55. The molecule has 1 aliphatic rings. The zero-order valence-electron chi connectivity index (χ0n) is 12.8. The van der Waals surface area contributed by atoms with Crippen molar-refractivity contribution >= 4 is 11.7 Å². The largest absolute Gasteiger partial charge is 0.480 e. The average molecular weight is 276 g/mol. The van der Waals surface area contributed by atoms with Crippen LogP contribution in [0.4, 0.5) is 5.69 Å².